The summed E-state index contributed by atoms with van der Waals surface area (Å²) >= 11 is 3.38. The molecule has 0 aliphatic carbocycles. The molecule has 0 heterocycles. The molecule has 0 saturated carbocycles. The van der Waals surface area contributed by atoms with Crippen molar-refractivity contribution in [2.24, 2.45) is 0 Å². The molecule has 1 aromatic rings. The van der Waals surface area contributed by atoms with E-state index in [-0.39, 0.29) is 11.4 Å². The molecule has 0 radical (unpaired) electrons. The molecule has 0 aromatic heterocycles. The van der Waals surface area contributed by atoms with Crippen LogP contribution >= 0.6 is 11.6 Å². The van der Waals surface area contributed by atoms with Crippen LogP contribution in [0.4, 0.5) is 5.69 Å². The number of benzene rings is 1. The number of hydrogen-bond acceptors (Lipinski definition) is 3. The molecule has 0 bridgehead atoms. The Labute approximate surface area is 83.1 Å². The first-order valence-electron chi connectivity index (χ1n) is 3.35. The maximum Gasteiger partial charge on any atom is 0.357 e. The molecule has 0 spiro atoms. The fourth-order valence-corrected chi connectivity index (χ4v) is 1.29. The molecular weight excluding hydrogens is 214 g/mol. The topological polar surface area (TPSA) is 72.5 Å². The maximum absolute atomic E-state index is 10.3. The molecule has 1 rings (SSSR count). The van der Waals surface area contributed by atoms with Crippen LogP contribution in [0.15, 0.2) is 12.1 Å². The van der Waals surface area contributed by atoms with Gasteiger partial charge in [-0.15, -0.1) is 0 Å². The lowest BCUT2D eigenvalue weighted by Crippen LogP contribution is -2.01. The van der Waals surface area contributed by atoms with E-state index in [9.17, 15) is 4.21 Å². The van der Waals surface area contributed by atoms with Crippen LogP contribution in [0.5, 0.6) is 5.75 Å². The summed E-state index contributed by atoms with van der Waals surface area (Å²) < 4.78 is 23.3. The molecule has 0 aliphatic rings. The summed E-state index contributed by atoms with van der Waals surface area (Å²) in [5, 5.41) is 0.494. The Morgan fingerprint density at radius 3 is 2.77 bits per heavy atom. The van der Waals surface area contributed by atoms with Crippen LogP contribution in [0.25, 0.3) is 0 Å². The lowest BCUT2D eigenvalue weighted by molar-refractivity contribution is 0.459. The van der Waals surface area contributed by atoms with Crippen molar-refractivity contribution >= 4 is 28.6 Å². The smallest absolute Gasteiger partial charge is 0.357 e. The number of anilines is 1. The third kappa shape index (κ3) is 2.58. The summed E-state index contributed by atoms with van der Waals surface area (Å²) in [5.74, 6) is 0.155. The van der Waals surface area contributed by atoms with Crippen LogP contribution < -0.4 is 9.92 Å². The highest BCUT2D eigenvalue weighted by molar-refractivity contribution is 7.74. The minimum absolute atomic E-state index is 0.155. The number of aryl methyl sites for hydroxylation is 1. The Hall–Kier alpha value is -0.780. The van der Waals surface area contributed by atoms with Gasteiger partial charge in [0, 0.05) is 5.02 Å². The van der Waals surface area contributed by atoms with E-state index in [1.54, 1.807) is 6.92 Å². The zero-order valence-electron chi connectivity index (χ0n) is 6.78. The van der Waals surface area contributed by atoms with Crippen LogP contribution in [-0.2, 0) is 11.4 Å². The maximum atomic E-state index is 10.3. The Morgan fingerprint density at radius 2 is 2.23 bits per heavy atom. The second-order valence-electron chi connectivity index (χ2n) is 2.44. The summed E-state index contributed by atoms with van der Waals surface area (Å²) in [6.07, 6.45) is 0. The fraction of sp³-hybridized carbons (Fsp3) is 0.143. The van der Waals surface area contributed by atoms with Gasteiger partial charge in [-0.05, 0) is 24.6 Å². The Balaban J connectivity index is 3.08. The monoisotopic (exact) mass is 221 g/mol. The molecule has 0 amide bonds. The molecule has 3 N–H and O–H groups in total. The highest BCUT2D eigenvalue weighted by atomic mass is 35.5. The third-order valence-electron chi connectivity index (χ3n) is 1.45. The zero-order chi connectivity index (χ0) is 10.0. The highest BCUT2D eigenvalue weighted by Gasteiger charge is 2.06. The zero-order valence-corrected chi connectivity index (χ0v) is 8.35. The second kappa shape index (κ2) is 3.95. The van der Waals surface area contributed by atoms with E-state index in [4.69, 9.17) is 21.9 Å². The number of nitrogen functional groups attached to an aromatic ring is 1. The van der Waals surface area contributed by atoms with Gasteiger partial charge in [-0.1, -0.05) is 11.6 Å². The molecule has 6 heteroatoms. The molecule has 1 atom stereocenters. The van der Waals surface area contributed by atoms with E-state index in [2.05, 4.69) is 4.18 Å². The van der Waals surface area contributed by atoms with Crippen molar-refractivity contribution in [2.75, 3.05) is 5.73 Å². The van der Waals surface area contributed by atoms with E-state index in [1.165, 1.54) is 12.1 Å². The van der Waals surface area contributed by atoms with Crippen LogP contribution in [-0.4, -0.2) is 8.76 Å². The predicted molar refractivity (Wildman–Crippen MR) is 52.0 cm³/mol. The van der Waals surface area contributed by atoms with Gasteiger partial charge in [0.25, 0.3) is 0 Å². The van der Waals surface area contributed by atoms with E-state index in [0.29, 0.717) is 5.02 Å². The predicted octanol–water partition coefficient (Wildman–Crippen LogP) is 1.75. The van der Waals surface area contributed by atoms with Crippen molar-refractivity contribution in [2.45, 2.75) is 6.92 Å². The Bertz CT molecular complexity index is 356. The van der Waals surface area contributed by atoms with Gasteiger partial charge in [-0.3, -0.25) is 4.55 Å². The first-order valence-corrected chi connectivity index (χ1v) is 4.76. The minimum Gasteiger partial charge on any atom is -0.396 e. The normalized spacial score (nSPS) is 12.5. The van der Waals surface area contributed by atoms with E-state index in [0.717, 1.165) is 5.56 Å². The molecule has 72 valence electrons. The van der Waals surface area contributed by atoms with E-state index >= 15 is 0 Å². The summed E-state index contributed by atoms with van der Waals surface area (Å²) in [6, 6.07) is 2.98. The first-order chi connectivity index (χ1) is 6.00. The van der Waals surface area contributed by atoms with Gasteiger partial charge in [0.1, 0.15) is 0 Å². The van der Waals surface area contributed by atoms with Gasteiger partial charge in [0.05, 0.1) is 5.69 Å². The van der Waals surface area contributed by atoms with Crippen molar-refractivity contribution in [3.63, 3.8) is 0 Å². The summed E-state index contributed by atoms with van der Waals surface area (Å²) in [4.78, 5) is 0. The van der Waals surface area contributed by atoms with E-state index in [1.807, 2.05) is 0 Å². The molecule has 1 unspecified atom stereocenters. The Kier molecular flexibility index (Phi) is 3.13. The average Bonchev–Trinajstić information content (AvgIpc) is 1.99. The summed E-state index contributed by atoms with van der Waals surface area (Å²) in [6.45, 7) is 1.74. The van der Waals surface area contributed by atoms with Gasteiger partial charge in [0.15, 0.2) is 5.75 Å². The lowest BCUT2D eigenvalue weighted by atomic mass is 10.2. The molecular formula is C7H8ClNO3S. The van der Waals surface area contributed by atoms with Crippen LogP contribution in [0.1, 0.15) is 5.56 Å². The quantitative estimate of drug-likeness (QED) is 0.590. The highest BCUT2D eigenvalue weighted by Crippen LogP contribution is 2.28. The third-order valence-corrected chi connectivity index (χ3v) is 2.18. The molecule has 1 aromatic carbocycles. The van der Waals surface area contributed by atoms with Crippen LogP contribution in [0.2, 0.25) is 5.02 Å². The summed E-state index contributed by atoms with van der Waals surface area (Å²) in [5.41, 5.74) is 6.45. The van der Waals surface area contributed by atoms with Crippen LogP contribution in [0.3, 0.4) is 0 Å². The van der Waals surface area contributed by atoms with Crippen molar-refractivity contribution in [3.8, 4) is 5.75 Å². The summed E-state index contributed by atoms with van der Waals surface area (Å²) in [7, 11) is 0. The van der Waals surface area contributed by atoms with E-state index < -0.39 is 11.4 Å². The number of nitrogens with two attached hydrogens (primary N) is 1. The Morgan fingerprint density at radius 1 is 1.62 bits per heavy atom. The lowest BCUT2D eigenvalue weighted by Gasteiger charge is -2.06. The van der Waals surface area contributed by atoms with Gasteiger partial charge >= 0.3 is 11.4 Å². The standard InChI is InChI=1S/C7H8ClNO3S/c1-4-2-7(12-13(10)11)6(9)3-5(4)8/h2-3H,9H2,1H3,(H,10,11). The average molecular weight is 222 g/mol. The van der Waals surface area contributed by atoms with Crippen molar-refractivity contribution in [1.29, 1.82) is 0 Å². The van der Waals surface area contributed by atoms with Gasteiger partial charge in [-0.2, -0.15) is 4.21 Å². The van der Waals surface area contributed by atoms with Gasteiger partial charge in [0.2, 0.25) is 0 Å². The molecule has 0 aliphatic heterocycles. The second-order valence-corrected chi connectivity index (χ2v) is 3.45. The van der Waals surface area contributed by atoms with Crippen molar-refractivity contribution in [1.82, 2.24) is 0 Å². The SMILES string of the molecule is Cc1cc(OS(=O)O)c(N)cc1Cl. The number of rotatable bonds is 2. The largest absolute Gasteiger partial charge is 0.396 e. The molecule has 0 fully saturated rings. The fourth-order valence-electron chi connectivity index (χ4n) is 0.819. The molecule has 0 saturated heterocycles. The van der Waals surface area contributed by atoms with Crippen molar-refractivity contribution in [3.05, 3.63) is 22.7 Å². The number of hydrogen-bond donors (Lipinski definition) is 2. The van der Waals surface area contributed by atoms with Crippen LogP contribution in [0, 0.1) is 6.92 Å². The first kappa shape index (κ1) is 10.3. The molecule has 4 nitrogen and oxygen atoms in total. The van der Waals surface area contributed by atoms with Gasteiger partial charge < -0.3 is 9.92 Å². The van der Waals surface area contributed by atoms with Crippen molar-refractivity contribution < 1.29 is 12.9 Å². The van der Waals surface area contributed by atoms with Gasteiger partial charge in [-0.25, -0.2) is 0 Å². The number of halogens is 1. The minimum atomic E-state index is -2.36. The molecule has 13 heavy (non-hydrogen) atoms.